The number of anilines is 1. The molecule has 2 heterocycles. The molecule has 4 rings (SSSR count). The average molecular weight is 325 g/mol. The number of hydrogen-bond donors (Lipinski definition) is 0. The van der Waals surface area contributed by atoms with Crippen LogP contribution in [0.25, 0.3) is 10.2 Å². The standard InChI is InChI=1S/C17H15N3O2S/c21-20(22)13-8-9-14-16(11-13)23-17(18-14)19-10-4-7-15(19)12-5-2-1-3-6-12/h1-3,5-6,8-9,11,15H,4,7,10H2. The van der Waals surface area contributed by atoms with E-state index in [2.05, 4.69) is 29.2 Å². The second kappa shape index (κ2) is 5.62. The van der Waals surface area contributed by atoms with Crippen molar-refractivity contribution in [2.24, 2.45) is 0 Å². The summed E-state index contributed by atoms with van der Waals surface area (Å²) in [5, 5.41) is 11.9. The number of nitro benzene ring substituents is 1. The molecule has 1 aliphatic heterocycles. The molecule has 0 spiro atoms. The van der Waals surface area contributed by atoms with E-state index in [1.807, 2.05) is 6.07 Å². The Morgan fingerprint density at radius 3 is 2.83 bits per heavy atom. The second-order valence-electron chi connectivity index (χ2n) is 5.67. The van der Waals surface area contributed by atoms with Crippen molar-refractivity contribution in [1.29, 1.82) is 0 Å². The summed E-state index contributed by atoms with van der Waals surface area (Å²) in [6.45, 7) is 0.974. The lowest BCUT2D eigenvalue weighted by Gasteiger charge is -2.24. The first-order valence-electron chi connectivity index (χ1n) is 7.59. The van der Waals surface area contributed by atoms with Crippen LogP contribution in [0, 0.1) is 10.1 Å². The molecule has 1 aliphatic rings. The Balaban J connectivity index is 1.72. The molecular formula is C17H15N3O2S. The van der Waals surface area contributed by atoms with E-state index in [1.165, 1.54) is 23.0 Å². The fourth-order valence-corrected chi connectivity index (χ4v) is 4.23. The molecule has 0 radical (unpaired) electrons. The molecule has 1 fully saturated rings. The zero-order valence-electron chi connectivity index (χ0n) is 12.4. The third kappa shape index (κ3) is 2.55. The molecule has 1 atom stereocenters. The normalized spacial score (nSPS) is 17.7. The van der Waals surface area contributed by atoms with Crippen molar-refractivity contribution >= 4 is 32.4 Å². The Bertz CT molecular complexity index is 863. The number of nitrogens with zero attached hydrogens (tertiary/aromatic N) is 3. The van der Waals surface area contributed by atoms with Crippen molar-refractivity contribution < 1.29 is 4.92 Å². The molecular weight excluding hydrogens is 310 g/mol. The van der Waals surface area contributed by atoms with Gasteiger partial charge in [0.15, 0.2) is 5.13 Å². The molecule has 0 N–H and O–H groups in total. The highest BCUT2D eigenvalue weighted by atomic mass is 32.1. The van der Waals surface area contributed by atoms with E-state index in [4.69, 9.17) is 4.98 Å². The van der Waals surface area contributed by atoms with E-state index in [1.54, 1.807) is 12.1 Å². The van der Waals surface area contributed by atoms with Gasteiger partial charge >= 0.3 is 0 Å². The minimum atomic E-state index is -0.360. The predicted molar refractivity (Wildman–Crippen MR) is 92.0 cm³/mol. The molecule has 1 aromatic heterocycles. The molecule has 1 saturated heterocycles. The molecule has 23 heavy (non-hydrogen) atoms. The number of fused-ring (bicyclic) bond motifs is 1. The minimum absolute atomic E-state index is 0.119. The van der Waals surface area contributed by atoms with Gasteiger partial charge in [-0.1, -0.05) is 41.7 Å². The van der Waals surface area contributed by atoms with E-state index in [0.29, 0.717) is 6.04 Å². The topological polar surface area (TPSA) is 59.3 Å². The average Bonchev–Trinajstić information content (AvgIpc) is 3.21. The monoisotopic (exact) mass is 325 g/mol. The second-order valence-corrected chi connectivity index (χ2v) is 6.68. The number of nitro groups is 1. The molecule has 5 nitrogen and oxygen atoms in total. The van der Waals surface area contributed by atoms with Crippen LogP contribution in [0.1, 0.15) is 24.4 Å². The van der Waals surface area contributed by atoms with Gasteiger partial charge in [0.25, 0.3) is 5.69 Å². The molecule has 0 aliphatic carbocycles. The number of thiazole rings is 1. The molecule has 6 heteroatoms. The van der Waals surface area contributed by atoms with Crippen LogP contribution < -0.4 is 4.90 Å². The molecule has 116 valence electrons. The fraction of sp³-hybridized carbons (Fsp3) is 0.235. The first kappa shape index (κ1) is 14.1. The zero-order chi connectivity index (χ0) is 15.8. The number of benzene rings is 2. The van der Waals surface area contributed by atoms with Crippen molar-refractivity contribution in [2.75, 3.05) is 11.4 Å². The van der Waals surface area contributed by atoms with Gasteiger partial charge in [0, 0.05) is 18.7 Å². The lowest BCUT2D eigenvalue weighted by Crippen LogP contribution is -2.22. The van der Waals surface area contributed by atoms with E-state index in [9.17, 15) is 10.1 Å². The summed E-state index contributed by atoms with van der Waals surface area (Å²) in [6.07, 6.45) is 2.25. The van der Waals surface area contributed by atoms with Crippen LogP contribution in [0.2, 0.25) is 0 Å². The quantitative estimate of drug-likeness (QED) is 0.524. The summed E-state index contributed by atoms with van der Waals surface area (Å²) < 4.78 is 0.868. The smallest absolute Gasteiger partial charge is 0.270 e. The Morgan fingerprint density at radius 2 is 2.04 bits per heavy atom. The van der Waals surface area contributed by atoms with Crippen molar-refractivity contribution in [3.05, 3.63) is 64.2 Å². The van der Waals surface area contributed by atoms with Crippen LogP contribution in [-0.2, 0) is 0 Å². The van der Waals surface area contributed by atoms with E-state index < -0.39 is 0 Å². The Kier molecular flexibility index (Phi) is 3.46. The zero-order valence-corrected chi connectivity index (χ0v) is 13.2. The van der Waals surface area contributed by atoms with Gasteiger partial charge in [0.2, 0.25) is 0 Å². The Morgan fingerprint density at radius 1 is 1.22 bits per heavy atom. The minimum Gasteiger partial charge on any atom is -0.341 e. The Hall–Kier alpha value is -2.47. The predicted octanol–water partition coefficient (Wildman–Crippen LogP) is 4.55. The van der Waals surface area contributed by atoms with Crippen LogP contribution in [0.3, 0.4) is 0 Å². The van der Waals surface area contributed by atoms with Gasteiger partial charge in [-0.3, -0.25) is 10.1 Å². The SMILES string of the molecule is O=[N+]([O-])c1ccc2nc(N3CCCC3c3ccccc3)sc2c1. The summed E-state index contributed by atoms with van der Waals surface area (Å²) in [4.78, 5) is 17.6. The van der Waals surface area contributed by atoms with Crippen LogP contribution in [0.5, 0.6) is 0 Å². The lowest BCUT2D eigenvalue weighted by molar-refractivity contribution is -0.384. The number of aromatic nitrogens is 1. The fourth-order valence-electron chi connectivity index (χ4n) is 3.15. The lowest BCUT2D eigenvalue weighted by atomic mass is 10.1. The molecule has 2 aromatic carbocycles. The molecule has 0 amide bonds. The summed E-state index contributed by atoms with van der Waals surface area (Å²) in [5.41, 5.74) is 2.25. The summed E-state index contributed by atoms with van der Waals surface area (Å²) in [6, 6.07) is 15.7. The van der Waals surface area contributed by atoms with E-state index >= 15 is 0 Å². The van der Waals surface area contributed by atoms with Crippen molar-refractivity contribution in [1.82, 2.24) is 4.98 Å². The van der Waals surface area contributed by atoms with Gasteiger partial charge in [0.1, 0.15) is 0 Å². The maximum Gasteiger partial charge on any atom is 0.270 e. The molecule has 3 aromatic rings. The largest absolute Gasteiger partial charge is 0.341 e. The van der Waals surface area contributed by atoms with Gasteiger partial charge in [-0.15, -0.1) is 0 Å². The first-order valence-corrected chi connectivity index (χ1v) is 8.40. The summed E-state index contributed by atoms with van der Waals surface area (Å²) in [5.74, 6) is 0. The van der Waals surface area contributed by atoms with Crippen LogP contribution in [0.15, 0.2) is 48.5 Å². The molecule has 0 bridgehead atoms. The maximum atomic E-state index is 10.9. The number of rotatable bonds is 3. The summed E-state index contributed by atoms with van der Waals surface area (Å²) >= 11 is 1.53. The van der Waals surface area contributed by atoms with E-state index in [0.717, 1.165) is 34.7 Å². The van der Waals surface area contributed by atoms with Crippen LogP contribution in [0.4, 0.5) is 10.8 Å². The van der Waals surface area contributed by atoms with Gasteiger partial charge in [0.05, 0.1) is 21.2 Å². The number of hydrogen-bond acceptors (Lipinski definition) is 5. The highest BCUT2D eigenvalue weighted by Gasteiger charge is 2.28. The van der Waals surface area contributed by atoms with Gasteiger partial charge < -0.3 is 4.90 Å². The highest BCUT2D eigenvalue weighted by molar-refractivity contribution is 7.22. The number of non-ortho nitro benzene ring substituents is 1. The highest BCUT2D eigenvalue weighted by Crippen LogP contribution is 2.40. The van der Waals surface area contributed by atoms with Crippen molar-refractivity contribution in [3.8, 4) is 0 Å². The van der Waals surface area contributed by atoms with Crippen molar-refractivity contribution in [3.63, 3.8) is 0 Å². The van der Waals surface area contributed by atoms with Gasteiger partial charge in [-0.2, -0.15) is 0 Å². The third-order valence-corrected chi connectivity index (χ3v) is 5.31. The van der Waals surface area contributed by atoms with Gasteiger partial charge in [-0.25, -0.2) is 4.98 Å². The van der Waals surface area contributed by atoms with Crippen LogP contribution in [-0.4, -0.2) is 16.5 Å². The van der Waals surface area contributed by atoms with E-state index in [-0.39, 0.29) is 10.6 Å². The first-order chi connectivity index (χ1) is 11.2. The molecule has 1 unspecified atom stereocenters. The van der Waals surface area contributed by atoms with Crippen molar-refractivity contribution in [2.45, 2.75) is 18.9 Å². The molecule has 0 saturated carbocycles. The summed E-state index contributed by atoms with van der Waals surface area (Å²) in [7, 11) is 0. The Labute approximate surface area is 137 Å². The maximum absolute atomic E-state index is 10.9. The van der Waals surface area contributed by atoms with Gasteiger partial charge in [-0.05, 0) is 24.5 Å². The third-order valence-electron chi connectivity index (χ3n) is 4.25. The van der Waals surface area contributed by atoms with Crippen LogP contribution >= 0.6 is 11.3 Å².